The first-order valence-electron chi connectivity index (χ1n) is 12.1. The van der Waals surface area contributed by atoms with Crippen molar-refractivity contribution in [1.82, 2.24) is 14.5 Å². The number of aromatic nitrogens is 3. The maximum Gasteiger partial charge on any atom is 0.338 e. The Morgan fingerprint density at radius 3 is 2.77 bits per heavy atom. The molecule has 0 aliphatic carbocycles. The second-order valence-corrected chi connectivity index (χ2v) is 11.6. The van der Waals surface area contributed by atoms with Gasteiger partial charge in [0.05, 0.1) is 29.5 Å². The second-order valence-electron chi connectivity index (χ2n) is 8.64. The molecule has 10 nitrogen and oxygen atoms in total. The van der Waals surface area contributed by atoms with Gasteiger partial charge in [-0.3, -0.25) is 14.2 Å². The van der Waals surface area contributed by atoms with Gasteiger partial charge in [0.15, 0.2) is 15.1 Å². The molecule has 13 heteroatoms. The second kappa shape index (κ2) is 11.4. The van der Waals surface area contributed by atoms with Crippen LogP contribution < -0.4 is 25.2 Å². The molecule has 0 radical (unpaired) electrons. The molecule has 1 aliphatic heterocycles. The fraction of sp³-hybridized carbons (Fsp3) is 0.222. The Kier molecular flexibility index (Phi) is 7.97. The van der Waals surface area contributed by atoms with E-state index in [0.29, 0.717) is 48.0 Å². The number of nitrogens with zero attached hydrogens (tertiary/aromatic N) is 3. The molecule has 1 atom stereocenters. The molecule has 0 amide bonds. The standard InChI is InChI=1S/C27H23BrN4O6S2/c1-5-37-25(35)22-14(3)30-27-32(23(22)17-11-15(28)6-8-18(17)36-4)24(34)19(39-27)12-16-7-9-21(38-16)40-26-29-13(2)10-20(33)31-26/h6-12,23H,5H2,1-4H3,(H,29,31,33)/b19-12-/t23-/m0/s1. The summed E-state index contributed by atoms with van der Waals surface area (Å²) < 4.78 is 19.5. The van der Waals surface area contributed by atoms with Crippen LogP contribution in [-0.2, 0) is 9.53 Å². The van der Waals surface area contributed by atoms with E-state index in [-0.39, 0.29) is 23.3 Å². The third-order valence-electron chi connectivity index (χ3n) is 5.92. The highest BCUT2D eigenvalue weighted by molar-refractivity contribution is 9.10. The number of rotatable bonds is 7. The fourth-order valence-corrected chi connectivity index (χ4v) is 6.51. The molecule has 1 aliphatic rings. The minimum atomic E-state index is -0.822. The van der Waals surface area contributed by atoms with E-state index in [1.165, 1.54) is 29.1 Å². The first kappa shape index (κ1) is 27.9. The van der Waals surface area contributed by atoms with Crippen LogP contribution in [0.4, 0.5) is 0 Å². The van der Waals surface area contributed by atoms with Gasteiger partial charge in [-0.1, -0.05) is 27.3 Å². The van der Waals surface area contributed by atoms with E-state index in [9.17, 15) is 14.4 Å². The van der Waals surface area contributed by atoms with Crippen molar-refractivity contribution in [3.05, 3.63) is 99.2 Å². The van der Waals surface area contributed by atoms with Gasteiger partial charge in [-0.2, -0.15) is 0 Å². The number of furan rings is 1. The molecular formula is C27H23BrN4O6S2. The number of halogens is 1. The predicted molar refractivity (Wildman–Crippen MR) is 154 cm³/mol. The molecule has 0 saturated heterocycles. The lowest BCUT2D eigenvalue weighted by Crippen LogP contribution is -2.40. The molecule has 1 N–H and O–H groups in total. The van der Waals surface area contributed by atoms with Crippen molar-refractivity contribution < 1.29 is 18.7 Å². The largest absolute Gasteiger partial charge is 0.496 e. The zero-order valence-electron chi connectivity index (χ0n) is 21.8. The topological polar surface area (TPSA) is 129 Å². The van der Waals surface area contributed by atoms with Crippen LogP contribution in [0.5, 0.6) is 5.75 Å². The number of aryl methyl sites for hydroxylation is 1. The van der Waals surface area contributed by atoms with Crippen molar-refractivity contribution in [2.45, 2.75) is 37.1 Å². The third kappa shape index (κ3) is 5.49. The average molecular weight is 644 g/mol. The van der Waals surface area contributed by atoms with Gasteiger partial charge in [0, 0.05) is 27.9 Å². The van der Waals surface area contributed by atoms with Gasteiger partial charge in [0.1, 0.15) is 17.6 Å². The van der Waals surface area contributed by atoms with Crippen molar-refractivity contribution in [2.24, 2.45) is 4.99 Å². The highest BCUT2D eigenvalue weighted by Gasteiger charge is 2.35. The maximum atomic E-state index is 13.9. The lowest BCUT2D eigenvalue weighted by molar-refractivity contribution is -0.139. The van der Waals surface area contributed by atoms with Crippen molar-refractivity contribution in [2.75, 3.05) is 13.7 Å². The van der Waals surface area contributed by atoms with Crippen molar-refractivity contribution in [3.63, 3.8) is 0 Å². The van der Waals surface area contributed by atoms with Crippen LogP contribution >= 0.6 is 39.0 Å². The number of H-pyrrole nitrogens is 1. The van der Waals surface area contributed by atoms with Gasteiger partial charge >= 0.3 is 5.97 Å². The molecule has 5 rings (SSSR count). The van der Waals surface area contributed by atoms with E-state index in [1.54, 1.807) is 45.0 Å². The van der Waals surface area contributed by atoms with Crippen LogP contribution in [0.2, 0.25) is 0 Å². The number of hydrogen-bond acceptors (Lipinski definition) is 10. The molecule has 0 bridgehead atoms. The molecule has 1 aromatic carbocycles. The average Bonchev–Trinajstić information content (AvgIpc) is 3.46. The van der Waals surface area contributed by atoms with Crippen LogP contribution in [0.3, 0.4) is 0 Å². The van der Waals surface area contributed by atoms with Gasteiger partial charge in [-0.05, 0) is 62.9 Å². The van der Waals surface area contributed by atoms with Crippen LogP contribution in [0, 0.1) is 6.92 Å². The number of nitrogens with one attached hydrogen (secondary N) is 1. The number of thiazole rings is 1. The lowest BCUT2D eigenvalue weighted by atomic mass is 9.95. The number of esters is 1. The molecule has 206 valence electrons. The monoisotopic (exact) mass is 642 g/mol. The highest BCUT2D eigenvalue weighted by atomic mass is 79.9. The number of carbonyl (C=O) groups is 1. The van der Waals surface area contributed by atoms with Crippen molar-refractivity contribution in [1.29, 1.82) is 0 Å². The maximum absolute atomic E-state index is 13.9. The first-order valence-corrected chi connectivity index (χ1v) is 14.5. The van der Waals surface area contributed by atoms with Crippen LogP contribution in [0.25, 0.3) is 6.08 Å². The van der Waals surface area contributed by atoms with E-state index in [2.05, 4.69) is 30.9 Å². The fourth-order valence-electron chi connectivity index (χ4n) is 4.30. The minimum Gasteiger partial charge on any atom is -0.496 e. The molecule has 0 saturated carbocycles. The Morgan fingerprint density at radius 2 is 2.05 bits per heavy atom. The molecule has 3 aromatic heterocycles. The summed E-state index contributed by atoms with van der Waals surface area (Å²) in [6, 6.07) is 9.44. The summed E-state index contributed by atoms with van der Waals surface area (Å²) in [4.78, 5) is 50.7. The Labute approximate surface area is 244 Å². The summed E-state index contributed by atoms with van der Waals surface area (Å²) in [5.74, 6) is 0.385. The quantitative estimate of drug-likeness (QED) is 0.239. The van der Waals surface area contributed by atoms with E-state index in [0.717, 1.165) is 16.2 Å². The van der Waals surface area contributed by atoms with Crippen LogP contribution in [-0.4, -0.2) is 34.2 Å². The van der Waals surface area contributed by atoms with Crippen molar-refractivity contribution >= 4 is 51.1 Å². The summed E-state index contributed by atoms with van der Waals surface area (Å²) in [6.45, 7) is 5.35. The normalized spacial score (nSPS) is 15.1. The van der Waals surface area contributed by atoms with Gasteiger partial charge in [0.2, 0.25) is 0 Å². The number of benzene rings is 1. The van der Waals surface area contributed by atoms with Gasteiger partial charge < -0.3 is 18.9 Å². The zero-order valence-corrected chi connectivity index (χ0v) is 25.0. The summed E-state index contributed by atoms with van der Waals surface area (Å²) >= 11 is 5.84. The van der Waals surface area contributed by atoms with E-state index in [4.69, 9.17) is 13.9 Å². The van der Waals surface area contributed by atoms with Gasteiger partial charge in [-0.25, -0.2) is 14.8 Å². The first-order chi connectivity index (χ1) is 19.2. The zero-order chi connectivity index (χ0) is 28.6. The number of hydrogen-bond donors (Lipinski definition) is 1. The smallest absolute Gasteiger partial charge is 0.338 e. The van der Waals surface area contributed by atoms with Crippen molar-refractivity contribution in [3.8, 4) is 5.75 Å². The Bertz CT molecular complexity index is 1900. The third-order valence-corrected chi connectivity index (χ3v) is 8.21. The molecule has 4 heterocycles. The molecular weight excluding hydrogens is 620 g/mol. The number of carbonyl (C=O) groups excluding carboxylic acids is 1. The SMILES string of the molecule is CCOC(=O)C1=C(C)N=c2s/c(=C\c3ccc(Sc4nc(C)cc(=O)[nH]4)o3)c(=O)n2[C@H]1c1cc(Br)ccc1OC. The van der Waals surface area contributed by atoms with Crippen LogP contribution in [0.15, 0.2) is 81.4 Å². The summed E-state index contributed by atoms with van der Waals surface area (Å²) in [5, 5.41) is 0.889. The highest BCUT2D eigenvalue weighted by Crippen LogP contribution is 2.37. The molecule has 0 spiro atoms. The lowest BCUT2D eigenvalue weighted by Gasteiger charge is -2.26. The van der Waals surface area contributed by atoms with Crippen LogP contribution in [0.1, 0.15) is 36.9 Å². The van der Waals surface area contributed by atoms with Gasteiger partial charge in [-0.15, -0.1) is 0 Å². The Morgan fingerprint density at radius 1 is 1.25 bits per heavy atom. The van der Waals surface area contributed by atoms with E-state index in [1.807, 2.05) is 12.1 Å². The van der Waals surface area contributed by atoms with Gasteiger partial charge in [0.25, 0.3) is 11.1 Å². The summed E-state index contributed by atoms with van der Waals surface area (Å²) in [5.41, 5.74) is 1.31. The van der Waals surface area contributed by atoms with E-state index >= 15 is 0 Å². The summed E-state index contributed by atoms with van der Waals surface area (Å²) in [6.07, 6.45) is 1.62. The Hall–Kier alpha value is -3.68. The number of ether oxygens (including phenoxy) is 2. The minimum absolute atomic E-state index is 0.174. The summed E-state index contributed by atoms with van der Waals surface area (Å²) in [7, 11) is 1.53. The molecule has 4 aromatic rings. The molecule has 0 fully saturated rings. The molecule has 40 heavy (non-hydrogen) atoms. The number of methoxy groups -OCH3 is 1. The number of fused-ring (bicyclic) bond motifs is 1. The Balaban J connectivity index is 1.61. The molecule has 0 unspecified atom stereocenters. The number of aromatic amines is 1. The van der Waals surface area contributed by atoms with E-state index < -0.39 is 12.0 Å². The predicted octanol–water partition coefficient (Wildman–Crippen LogP) is 3.71. The number of allylic oxidation sites excluding steroid dienone is 1.